The topological polar surface area (TPSA) is 55.1 Å². The summed E-state index contributed by atoms with van der Waals surface area (Å²) in [6.45, 7) is 2.92. The number of aromatic nitrogens is 3. The average molecular weight is 474 g/mol. The molecule has 0 aliphatic carbocycles. The summed E-state index contributed by atoms with van der Waals surface area (Å²) in [4.78, 5) is 15.7. The van der Waals surface area contributed by atoms with Crippen molar-refractivity contribution in [3.63, 3.8) is 0 Å². The van der Waals surface area contributed by atoms with Crippen LogP contribution in [0.25, 0.3) is 11.5 Å². The maximum Gasteiger partial charge on any atom is 0.318 e. The zero-order chi connectivity index (χ0) is 24.5. The number of carbonyl (C=O) groups is 1. The van der Waals surface area contributed by atoms with Crippen molar-refractivity contribution in [1.29, 1.82) is 0 Å². The number of rotatable bonds is 4. The van der Waals surface area contributed by atoms with Gasteiger partial charge in [0.25, 0.3) is 0 Å². The maximum atomic E-state index is 13.8. The van der Waals surface area contributed by atoms with E-state index >= 15 is 0 Å². The normalized spacial score (nSPS) is 14.6. The van der Waals surface area contributed by atoms with E-state index in [1.165, 1.54) is 0 Å². The van der Waals surface area contributed by atoms with Crippen LogP contribution in [0.1, 0.15) is 34.1 Å². The highest BCUT2D eigenvalue weighted by Gasteiger charge is 2.35. The van der Waals surface area contributed by atoms with Crippen LogP contribution in [-0.2, 0) is 13.1 Å². The molecule has 0 spiro atoms. The Balaban J connectivity index is 1.48. The number of aryl methyl sites for hydroxylation is 1. The molecule has 0 unspecified atom stereocenters. The Labute approximate surface area is 210 Å². The Hall–Kier alpha value is -4.58. The van der Waals surface area contributed by atoms with Crippen LogP contribution in [-0.4, -0.2) is 25.3 Å². The van der Waals surface area contributed by atoms with E-state index < -0.39 is 0 Å². The molecule has 0 saturated carbocycles. The summed E-state index contributed by atoms with van der Waals surface area (Å²) in [5.74, 6) is 0.970. The summed E-state index contributed by atoms with van der Waals surface area (Å²) in [6.07, 6.45) is 2.07. The van der Waals surface area contributed by atoms with E-state index in [9.17, 15) is 4.79 Å². The van der Waals surface area contributed by atoms with Crippen LogP contribution in [0.15, 0.2) is 109 Å². The highest BCUT2D eigenvalue weighted by Crippen LogP contribution is 2.38. The molecular weight excluding hydrogens is 446 g/mol. The zero-order valence-corrected chi connectivity index (χ0v) is 20.1. The van der Waals surface area contributed by atoms with E-state index in [1.54, 1.807) is 0 Å². The summed E-state index contributed by atoms with van der Waals surface area (Å²) in [5.41, 5.74) is 6.07. The van der Waals surface area contributed by atoms with Crippen LogP contribution < -0.4 is 5.32 Å². The first kappa shape index (κ1) is 21.9. The minimum atomic E-state index is -0.256. The van der Waals surface area contributed by atoms with E-state index in [-0.39, 0.29) is 12.1 Å². The molecule has 0 fully saturated rings. The van der Waals surface area contributed by atoms with E-state index in [4.69, 9.17) is 5.10 Å². The molecule has 5 aromatic rings. The number of hydrogen-bond donors (Lipinski definition) is 1. The molecule has 0 radical (unpaired) electrons. The van der Waals surface area contributed by atoms with Crippen molar-refractivity contribution in [2.45, 2.75) is 26.1 Å². The van der Waals surface area contributed by atoms with Gasteiger partial charge in [0.1, 0.15) is 5.82 Å². The lowest BCUT2D eigenvalue weighted by Gasteiger charge is -2.31. The highest BCUT2D eigenvalue weighted by atomic mass is 16.2. The molecule has 2 amide bonds. The Bertz CT molecular complexity index is 1490. The third-order valence-electron chi connectivity index (χ3n) is 6.75. The van der Waals surface area contributed by atoms with Gasteiger partial charge < -0.3 is 14.8 Å². The van der Waals surface area contributed by atoms with Gasteiger partial charge in [-0.15, -0.1) is 0 Å². The quantitative estimate of drug-likeness (QED) is 0.359. The third kappa shape index (κ3) is 3.86. The number of fused-ring (bicyclic) bond motifs is 3. The molecule has 178 valence electrons. The fraction of sp³-hybridized carbons (Fsp3) is 0.133. The largest absolute Gasteiger partial charge is 0.334 e. The lowest BCUT2D eigenvalue weighted by Crippen LogP contribution is -2.41. The summed E-state index contributed by atoms with van der Waals surface area (Å²) in [6, 6.07) is 34.2. The highest BCUT2D eigenvalue weighted by molar-refractivity contribution is 5.76. The molecule has 1 N–H and O–H groups in total. The molecule has 36 heavy (non-hydrogen) atoms. The van der Waals surface area contributed by atoms with E-state index in [0.29, 0.717) is 13.1 Å². The molecule has 1 atom stereocenters. The number of carbonyl (C=O) groups excluding carboxylic acids is 1. The number of urea groups is 1. The van der Waals surface area contributed by atoms with Gasteiger partial charge in [0.2, 0.25) is 0 Å². The number of para-hydroxylation sites is 1. The van der Waals surface area contributed by atoms with Gasteiger partial charge in [-0.2, -0.15) is 5.10 Å². The predicted molar refractivity (Wildman–Crippen MR) is 140 cm³/mol. The van der Waals surface area contributed by atoms with E-state index in [0.717, 1.165) is 39.6 Å². The van der Waals surface area contributed by atoms with Crippen molar-refractivity contribution in [3.05, 3.63) is 137 Å². The molecule has 6 rings (SSSR count). The summed E-state index contributed by atoms with van der Waals surface area (Å²) in [7, 11) is 0. The van der Waals surface area contributed by atoms with Crippen molar-refractivity contribution >= 4 is 6.03 Å². The Morgan fingerprint density at radius 3 is 2.28 bits per heavy atom. The van der Waals surface area contributed by atoms with Crippen molar-refractivity contribution < 1.29 is 4.79 Å². The predicted octanol–water partition coefficient (Wildman–Crippen LogP) is 5.79. The van der Waals surface area contributed by atoms with Gasteiger partial charge in [0, 0.05) is 18.3 Å². The Morgan fingerprint density at radius 1 is 0.889 bits per heavy atom. The monoisotopic (exact) mass is 473 g/mol. The smallest absolute Gasteiger partial charge is 0.318 e. The first-order valence-electron chi connectivity index (χ1n) is 12.2. The minimum absolute atomic E-state index is 0.111. The van der Waals surface area contributed by atoms with Crippen molar-refractivity contribution in [3.8, 4) is 11.5 Å². The van der Waals surface area contributed by atoms with Gasteiger partial charge in [0.05, 0.1) is 29.7 Å². The number of amides is 2. The fourth-order valence-corrected chi connectivity index (χ4v) is 5.01. The van der Waals surface area contributed by atoms with Crippen LogP contribution in [0.3, 0.4) is 0 Å². The number of hydrogen-bond acceptors (Lipinski definition) is 2. The maximum absolute atomic E-state index is 13.8. The minimum Gasteiger partial charge on any atom is -0.334 e. The lowest BCUT2D eigenvalue weighted by atomic mass is 10.0. The van der Waals surface area contributed by atoms with Gasteiger partial charge >= 0.3 is 6.03 Å². The van der Waals surface area contributed by atoms with Gasteiger partial charge in [-0.3, -0.25) is 0 Å². The van der Waals surface area contributed by atoms with Crippen molar-refractivity contribution in [1.82, 2.24) is 24.6 Å². The molecule has 1 aliphatic rings. The molecule has 2 aromatic heterocycles. The first-order valence-corrected chi connectivity index (χ1v) is 12.2. The zero-order valence-electron chi connectivity index (χ0n) is 20.1. The second kappa shape index (κ2) is 9.23. The summed E-state index contributed by atoms with van der Waals surface area (Å²) < 4.78 is 4.17. The van der Waals surface area contributed by atoms with E-state index in [1.807, 2.05) is 89.3 Å². The Kier molecular flexibility index (Phi) is 5.62. The van der Waals surface area contributed by atoms with Gasteiger partial charge in [-0.05, 0) is 42.3 Å². The third-order valence-corrected chi connectivity index (χ3v) is 6.75. The second-order valence-corrected chi connectivity index (χ2v) is 9.02. The number of nitrogens with zero attached hydrogens (tertiary/aromatic N) is 4. The molecule has 0 bridgehead atoms. The van der Waals surface area contributed by atoms with Crippen LogP contribution in [0.5, 0.6) is 0 Å². The van der Waals surface area contributed by atoms with Crippen molar-refractivity contribution in [2.24, 2.45) is 0 Å². The van der Waals surface area contributed by atoms with Crippen LogP contribution >= 0.6 is 0 Å². The molecule has 6 nitrogen and oxygen atoms in total. The van der Waals surface area contributed by atoms with Crippen molar-refractivity contribution in [2.75, 3.05) is 0 Å². The summed E-state index contributed by atoms with van der Waals surface area (Å²) >= 11 is 0. The van der Waals surface area contributed by atoms with Crippen LogP contribution in [0.2, 0.25) is 0 Å². The number of nitrogens with one attached hydrogen (secondary N) is 1. The molecule has 3 heterocycles. The van der Waals surface area contributed by atoms with Gasteiger partial charge in [-0.1, -0.05) is 78.9 Å². The number of benzene rings is 3. The van der Waals surface area contributed by atoms with E-state index in [2.05, 4.69) is 46.4 Å². The average Bonchev–Trinajstić information content (AvgIpc) is 3.49. The van der Waals surface area contributed by atoms with Crippen LogP contribution in [0.4, 0.5) is 4.79 Å². The second-order valence-electron chi connectivity index (χ2n) is 9.02. The molecule has 3 aromatic carbocycles. The standard InChI is InChI=1S/C30H27N5O/c1-22-26-21-34(30(36)31-20-23-12-5-2-6-13-23)28(24-14-7-3-8-15-24)27-18-11-19-33(27)29(26)35(32-22)25-16-9-4-10-17-25/h2-19,28H,20-21H2,1H3,(H,31,36)/t28-/m0/s1. The molecular formula is C30H27N5O. The van der Waals surface area contributed by atoms with Gasteiger partial charge in [-0.25, -0.2) is 9.48 Å². The molecule has 0 saturated heterocycles. The lowest BCUT2D eigenvalue weighted by molar-refractivity contribution is 0.180. The van der Waals surface area contributed by atoms with Crippen LogP contribution in [0, 0.1) is 6.92 Å². The Morgan fingerprint density at radius 2 is 1.56 bits per heavy atom. The molecule has 1 aliphatic heterocycles. The molecule has 6 heteroatoms. The fourth-order valence-electron chi connectivity index (χ4n) is 5.01. The van der Waals surface area contributed by atoms with Gasteiger partial charge in [0.15, 0.2) is 0 Å². The first-order chi connectivity index (χ1) is 17.7. The summed E-state index contributed by atoms with van der Waals surface area (Å²) in [5, 5.41) is 8.06. The SMILES string of the molecule is Cc1nn(-c2ccccc2)c2c1CN(C(=O)NCc1ccccc1)[C@@H](c1ccccc1)c1cccn1-2.